The summed E-state index contributed by atoms with van der Waals surface area (Å²) in [6.07, 6.45) is 1.27. The molecule has 5 heteroatoms. The van der Waals surface area contributed by atoms with Crippen molar-refractivity contribution in [3.8, 4) is 0 Å². The molecule has 1 fully saturated rings. The highest BCUT2D eigenvalue weighted by Crippen LogP contribution is 2.22. The molecule has 2 rings (SSSR count). The number of rotatable bonds is 2. The topological polar surface area (TPSA) is 60.9 Å². The number of aliphatic carboxylic acids is 1. The predicted octanol–water partition coefficient (Wildman–Crippen LogP) is 2.10. The maximum atomic E-state index is 12.3. The van der Waals surface area contributed by atoms with Crippen molar-refractivity contribution < 1.29 is 14.7 Å². The highest BCUT2D eigenvalue weighted by Gasteiger charge is 2.35. The molecule has 0 unspecified atom stereocenters. The molecule has 102 valence electrons. The Balaban J connectivity index is 2.14. The Morgan fingerprint density at radius 1 is 1.32 bits per heavy atom. The summed E-state index contributed by atoms with van der Waals surface area (Å²) in [5, 5.41) is 9.11. The van der Waals surface area contributed by atoms with Gasteiger partial charge in [0, 0.05) is 19.3 Å². The lowest BCUT2D eigenvalue weighted by Gasteiger charge is -2.27. The van der Waals surface area contributed by atoms with Gasteiger partial charge in [0.25, 0.3) is 0 Å². The number of aryl methyl sites for hydroxylation is 1. The van der Waals surface area contributed by atoms with E-state index in [1.807, 2.05) is 31.2 Å². The molecule has 1 N–H and O–H groups in total. The van der Waals surface area contributed by atoms with Crippen molar-refractivity contribution >= 4 is 17.7 Å². The van der Waals surface area contributed by atoms with E-state index < -0.39 is 12.0 Å². The highest BCUT2D eigenvalue weighted by molar-refractivity contribution is 5.94. The minimum atomic E-state index is -0.928. The van der Waals surface area contributed by atoms with Crippen LogP contribution in [0.25, 0.3) is 0 Å². The van der Waals surface area contributed by atoms with Gasteiger partial charge in [-0.2, -0.15) is 0 Å². The first-order valence-corrected chi connectivity index (χ1v) is 6.34. The quantitative estimate of drug-likeness (QED) is 0.887. The van der Waals surface area contributed by atoms with E-state index >= 15 is 0 Å². The van der Waals surface area contributed by atoms with Crippen LogP contribution in [0.15, 0.2) is 24.3 Å². The van der Waals surface area contributed by atoms with Crippen LogP contribution in [0.3, 0.4) is 0 Å². The molecular weight excluding hydrogens is 244 g/mol. The molecule has 0 bridgehead atoms. The summed E-state index contributed by atoms with van der Waals surface area (Å²) in [5.74, 6) is -0.928. The number of carboxylic acid groups (broad SMARTS) is 1. The molecule has 1 aliphatic heterocycles. The van der Waals surface area contributed by atoms with Crippen LogP contribution >= 0.6 is 0 Å². The van der Waals surface area contributed by atoms with Crippen LogP contribution in [-0.2, 0) is 4.79 Å². The third-order valence-corrected chi connectivity index (χ3v) is 3.49. The van der Waals surface area contributed by atoms with Gasteiger partial charge >= 0.3 is 12.0 Å². The normalized spacial score (nSPS) is 18.4. The van der Waals surface area contributed by atoms with Gasteiger partial charge in [-0.25, -0.2) is 9.59 Å². The van der Waals surface area contributed by atoms with Gasteiger partial charge in [0.15, 0.2) is 0 Å². The van der Waals surface area contributed by atoms with Crippen molar-refractivity contribution in [1.29, 1.82) is 0 Å². The zero-order valence-electron chi connectivity index (χ0n) is 11.2. The summed E-state index contributed by atoms with van der Waals surface area (Å²) in [4.78, 5) is 26.4. The lowest BCUT2D eigenvalue weighted by atomic mass is 10.2. The third kappa shape index (κ3) is 2.70. The van der Waals surface area contributed by atoms with Crippen LogP contribution in [0.1, 0.15) is 18.4 Å². The fourth-order valence-corrected chi connectivity index (χ4v) is 2.32. The number of carboxylic acids is 1. The second-order valence-corrected chi connectivity index (χ2v) is 4.87. The molecule has 0 saturated carbocycles. The maximum Gasteiger partial charge on any atom is 0.326 e. The predicted molar refractivity (Wildman–Crippen MR) is 72.3 cm³/mol. The lowest BCUT2D eigenvalue weighted by molar-refractivity contribution is -0.141. The summed E-state index contributed by atoms with van der Waals surface area (Å²) in [7, 11) is 1.67. The first-order valence-electron chi connectivity index (χ1n) is 6.34. The average Bonchev–Trinajstić information content (AvgIpc) is 2.87. The SMILES string of the molecule is Cc1ccc(N(C)C(=O)N2CCC[C@@H]2C(=O)O)cc1. The summed E-state index contributed by atoms with van der Waals surface area (Å²) in [6.45, 7) is 2.48. The van der Waals surface area contributed by atoms with Gasteiger partial charge in [0.2, 0.25) is 0 Å². The third-order valence-electron chi connectivity index (χ3n) is 3.49. The van der Waals surface area contributed by atoms with Gasteiger partial charge in [-0.1, -0.05) is 17.7 Å². The second-order valence-electron chi connectivity index (χ2n) is 4.87. The summed E-state index contributed by atoms with van der Waals surface area (Å²) < 4.78 is 0. The van der Waals surface area contributed by atoms with E-state index in [4.69, 9.17) is 5.11 Å². The molecule has 5 nitrogen and oxygen atoms in total. The van der Waals surface area contributed by atoms with Crippen LogP contribution < -0.4 is 4.90 Å². The Morgan fingerprint density at radius 3 is 2.53 bits per heavy atom. The Bertz CT molecular complexity index is 484. The van der Waals surface area contributed by atoms with E-state index in [2.05, 4.69) is 0 Å². The van der Waals surface area contributed by atoms with Gasteiger partial charge in [0.05, 0.1) is 0 Å². The molecule has 1 aromatic rings. The number of carbonyl (C=O) groups excluding carboxylic acids is 1. The van der Waals surface area contributed by atoms with Gasteiger partial charge in [0.1, 0.15) is 6.04 Å². The molecule has 1 atom stereocenters. The van der Waals surface area contributed by atoms with E-state index in [9.17, 15) is 9.59 Å². The van der Waals surface area contributed by atoms with E-state index in [1.54, 1.807) is 7.05 Å². The molecule has 0 radical (unpaired) electrons. The molecule has 19 heavy (non-hydrogen) atoms. The number of benzene rings is 1. The minimum Gasteiger partial charge on any atom is -0.480 e. The van der Waals surface area contributed by atoms with Gasteiger partial charge in [-0.3, -0.25) is 4.90 Å². The number of carbonyl (C=O) groups is 2. The zero-order valence-corrected chi connectivity index (χ0v) is 11.2. The van der Waals surface area contributed by atoms with Crippen LogP contribution in [0.5, 0.6) is 0 Å². The number of urea groups is 1. The molecule has 2 amide bonds. The molecular formula is C14H18N2O3. The fourth-order valence-electron chi connectivity index (χ4n) is 2.32. The number of amides is 2. The second kappa shape index (κ2) is 5.30. The van der Waals surface area contributed by atoms with Crippen LogP contribution in [-0.4, -0.2) is 41.6 Å². The number of hydrogen-bond donors (Lipinski definition) is 1. The van der Waals surface area contributed by atoms with Crippen LogP contribution in [0.4, 0.5) is 10.5 Å². The standard InChI is InChI=1S/C14H18N2O3/c1-10-5-7-11(8-6-10)15(2)14(19)16-9-3-4-12(16)13(17)18/h5-8,12H,3-4,9H2,1-2H3,(H,17,18)/t12-/m1/s1. The highest BCUT2D eigenvalue weighted by atomic mass is 16.4. The van der Waals surface area contributed by atoms with Crippen LogP contribution in [0.2, 0.25) is 0 Å². The van der Waals surface area contributed by atoms with E-state index in [0.29, 0.717) is 13.0 Å². The largest absolute Gasteiger partial charge is 0.480 e. The first kappa shape index (κ1) is 13.4. The van der Waals surface area contributed by atoms with E-state index in [0.717, 1.165) is 17.7 Å². The molecule has 0 spiro atoms. The summed E-state index contributed by atoms with van der Waals surface area (Å²) >= 11 is 0. The zero-order chi connectivity index (χ0) is 14.0. The van der Waals surface area contributed by atoms with Crippen molar-refractivity contribution in [2.24, 2.45) is 0 Å². The van der Waals surface area contributed by atoms with Crippen LogP contribution in [0, 0.1) is 6.92 Å². The number of nitrogens with zero attached hydrogens (tertiary/aromatic N) is 2. The molecule has 0 aromatic heterocycles. The molecule has 1 saturated heterocycles. The van der Waals surface area contributed by atoms with E-state index in [1.165, 1.54) is 9.80 Å². The van der Waals surface area contributed by atoms with Crippen molar-refractivity contribution in [3.05, 3.63) is 29.8 Å². The minimum absolute atomic E-state index is 0.256. The van der Waals surface area contributed by atoms with Crippen molar-refractivity contribution in [1.82, 2.24) is 4.90 Å². The summed E-state index contributed by atoms with van der Waals surface area (Å²) in [5.41, 5.74) is 1.89. The Hall–Kier alpha value is -2.04. The fraction of sp³-hybridized carbons (Fsp3) is 0.429. The Labute approximate surface area is 112 Å². The smallest absolute Gasteiger partial charge is 0.326 e. The molecule has 1 heterocycles. The maximum absolute atomic E-state index is 12.3. The molecule has 0 aliphatic carbocycles. The Kier molecular flexibility index (Phi) is 3.74. The first-order chi connectivity index (χ1) is 9.00. The molecule has 1 aromatic carbocycles. The molecule has 1 aliphatic rings. The van der Waals surface area contributed by atoms with Crippen molar-refractivity contribution in [2.75, 3.05) is 18.5 Å². The number of likely N-dealkylation sites (tertiary alicyclic amines) is 1. The van der Waals surface area contributed by atoms with Crippen molar-refractivity contribution in [3.63, 3.8) is 0 Å². The lowest BCUT2D eigenvalue weighted by Crippen LogP contribution is -2.46. The number of anilines is 1. The van der Waals surface area contributed by atoms with Gasteiger partial charge in [-0.15, -0.1) is 0 Å². The average molecular weight is 262 g/mol. The monoisotopic (exact) mass is 262 g/mol. The summed E-state index contributed by atoms with van der Waals surface area (Å²) in [6, 6.07) is 6.63. The van der Waals surface area contributed by atoms with Crippen molar-refractivity contribution in [2.45, 2.75) is 25.8 Å². The van der Waals surface area contributed by atoms with Gasteiger partial charge < -0.3 is 10.0 Å². The van der Waals surface area contributed by atoms with E-state index in [-0.39, 0.29) is 6.03 Å². The van der Waals surface area contributed by atoms with Gasteiger partial charge in [-0.05, 0) is 31.9 Å². The number of hydrogen-bond acceptors (Lipinski definition) is 2. The Morgan fingerprint density at radius 2 is 1.95 bits per heavy atom.